The van der Waals surface area contributed by atoms with E-state index < -0.39 is 6.10 Å². The summed E-state index contributed by atoms with van der Waals surface area (Å²) >= 11 is 5.57. The van der Waals surface area contributed by atoms with Crippen LogP contribution in [0, 0.1) is 0 Å². The maximum Gasteiger partial charge on any atom is 0.127 e. The molecule has 0 saturated carbocycles. The zero-order valence-corrected chi connectivity index (χ0v) is 9.97. The van der Waals surface area contributed by atoms with Crippen LogP contribution in [0.3, 0.4) is 0 Å². The second kappa shape index (κ2) is 5.71. The Kier molecular flexibility index (Phi) is 4.02. The second-order valence-corrected chi connectivity index (χ2v) is 3.96. The van der Waals surface area contributed by atoms with Crippen molar-refractivity contribution in [2.75, 3.05) is 5.88 Å². The Morgan fingerprint density at radius 3 is 2.12 bits per heavy atom. The summed E-state index contributed by atoms with van der Waals surface area (Å²) in [6, 6.07) is 16.8. The first kappa shape index (κ1) is 12.0. The highest BCUT2D eigenvalue weighted by Gasteiger charge is 2.05. The summed E-state index contributed by atoms with van der Waals surface area (Å²) in [5.41, 5.74) is 0.792. The normalized spacial score (nSPS) is 12.1. The molecule has 2 rings (SSSR count). The molecule has 0 radical (unpaired) electrons. The van der Waals surface area contributed by atoms with E-state index in [2.05, 4.69) is 0 Å². The third-order valence-corrected chi connectivity index (χ3v) is 2.68. The van der Waals surface area contributed by atoms with Crippen molar-refractivity contribution in [3.8, 4) is 11.5 Å². The number of rotatable bonds is 4. The molecule has 17 heavy (non-hydrogen) atoms. The molecule has 0 heterocycles. The second-order valence-electron chi connectivity index (χ2n) is 3.65. The number of para-hydroxylation sites is 1. The zero-order chi connectivity index (χ0) is 12.1. The molecule has 2 nitrogen and oxygen atoms in total. The van der Waals surface area contributed by atoms with E-state index in [0.717, 1.165) is 17.1 Å². The molecule has 88 valence electrons. The lowest BCUT2D eigenvalue weighted by atomic mass is 10.1. The van der Waals surface area contributed by atoms with Gasteiger partial charge in [0, 0.05) is 0 Å². The average Bonchev–Trinajstić information content (AvgIpc) is 2.40. The molecule has 2 aromatic rings. The quantitative estimate of drug-likeness (QED) is 0.835. The van der Waals surface area contributed by atoms with Gasteiger partial charge in [0.15, 0.2) is 0 Å². The molecule has 1 atom stereocenters. The van der Waals surface area contributed by atoms with Gasteiger partial charge in [0.2, 0.25) is 0 Å². The van der Waals surface area contributed by atoms with E-state index in [1.165, 1.54) is 0 Å². The number of halogens is 1. The molecule has 1 N–H and O–H groups in total. The molecule has 3 heteroatoms. The van der Waals surface area contributed by atoms with Gasteiger partial charge in [-0.25, -0.2) is 0 Å². The maximum absolute atomic E-state index is 9.54. The standard InChI is InChI=1S/C14H13ClO2/c15-10-14(16)11-6-8-13(9-7-11)17-12-4-2-1-3-5-12/h1-9,14,16H,10H2. The van der Waals surface area contributed by atoms with Crippen molar-refractivity contribution in [3.63, 3.8) is 0 Å². The van der Waals surface area contributed by atoms with Crippen LogP contribution in [-0.2, 0) is 0 Å². The molecular weight excluding hydrogens is 236 g/mol. The molecule has 0 fully saturated rings. The van der Waals surface area contributed by atoms with Crippen molar-refractivity contribution in [1.82, 2.24) is 0 Å². The molecule has 0 aromatic heterocycles. The van der Waals surface area contributed by atoms with E-state index in [4.69, 9.17) is 16.3 Å². The van der Waals surface area contributed by atoms with E-state index in [1.54, 1.807) is 0 Å². The van der Waals surface area contributed by atoms with Gasteiger partial charge >= 0.3 is 0 Å². The number of alkyl halides is 1. The lowest BCUT2D eigenvalue weighted by Gasteiger charge is -2.09. The van der Waals surface area contributed by atoms with Gasteiger partial charge in [-0.1, -0.05) is 30.3 Å². The number of aliphatic hydroxyl groups is 1. The highest BCUT2D eigenvalue weighted by atomic mass is 35.5. The van der Waals surface area contributed by atoms with Crippen LogP contribution < -0.4 is 4.74 Å². The van der Waals surface area contributed by atoms with Gasteiger partial charge in [0.1, 0.15) is 11.5 Å². The molecule has 1 unspecified atom stereocenters. The summed E-state index contributed by atoms with van der Waals surface area (Å²) in [4.78, 5) is 0. The van der Waals surface area contributed by atoms with Crippen molar-refractivity contribution in [2.45, 2.75) is 6.10 Å². The predicted octanol–water partition coefficient (Wildman–Crippen LogP) is 3.75. The van der Waals surface area contributed by atoms with Crippen molar-refractivity contribution in [1.29, 1.82) is 0 Å². The van der Waals surface area contributed by atoms with E-state index in [-0.39, 0.29) is 5.88 Å². The lowest BCUT2D eigenvalue weighted by Crippen LogP contribution is -1.97. The molecule has 0 aliphatic carbocycles. The van der Waals surface area contributed by atoms with E-state index in [1.807, 2.05) is 54.6 Å². The third kappa shape index (κ3) is 3.22. The van der Waals surface area contributed by atoms with Gasteiger partial charge in [0.25, 0.3) is 0 Å². The summed E-state index contributed by atoms with van der Waals surface area (Å²) in [5, 5.41) is 9.54. The lowest BCUT2D eigenvalue weighted by molar-refractivity contribution is 0.202. The summed E-state index contributed by atoms with van der Waals surface area (Å²) in [6.07, 6.45) is -0.623. The number of hydrogen-bond acceptors (Lipinski definition) is 2. The van der Waals surface area contributed by atoms with Crippen molar-refractivity contribution in [2.24, 2.45) is 0 Å². The summed E-state index contributed by atoms with van der Waals surface area (Å²) in [7, 11) is 0. The van der Waals surface area contributed by atoms with Crippen LogP contribution in [-0.4, -0.2) is 11.0 Å². The Morgan fingerprint density at radius 2 is 1.53 bits per heavy atom. The van der Waals surface area contributed by atoms with Crippen LogP contribution in [0.25, 0.3) is 0 Å². The molecule has 0 saturated heterocycles. The SMILES string of the molecule is OC(CCl)c1ccc(Oc2ccccc2)cc1. The van der Waals surface area contributed by atoms with Crippen molar-refractivity contribution < 1.29 is 9.84 Å². The minimum absolute atomic E-state index is 0.193. The van der Waals surface area contributed by atoms with E-state index in [9.17, 15) is 5.11 Å². The molecule has 0 amide bonds. The average molecular weight is 249 g/mol. The van der Waals surface area contributed by atoms with Crippen molar-refractivity contribution >= 4 is 11.6 Å². The highest BCUT2D eigenvalue weighted by Crippen LogP contribution is 2.23. The van der Waals surface area contributed by atoms with Gasteiger partial charge in [0.05, 0.1) is 12.0 Å². The first-order valence-electron chi connectivity index (χ1n) is 5.36. The molecule has 0 bridgehead atoms. The number of ether oxygens (including phenoxy) is 1. The van der Waals surface area contributed by atoms with Crippen LogP contribution in [0.2, 0.25) is 0 Å². The van der Waals surface area contributed by atoms with E-state index >= 15 is 0 Å². The van der Waals surface area contributed by atoms with Crippen LogP contribution >= 0.6 is 11.6 Å². The molecule has 2 aromatic carbocycles. The van der Waals surface area contributed by atoms with Crippen LogP contribution in [0.5, 0.6) is 11.5 Å². The number of benzene rings is 2. The van der Waals surface area contributed by atoms with Gasteiger partial charge in [-0.15, -0.1) is 11.6 Å². The fraction of sp³-hybridized carbons (Fsp3) is 0.143. The Hall–Kier alpha value is -1.51. The van der Waals surface area contributed by atoms with E-state index in [0.29, 0.717) is 0 Å². The smallest absolute Gasteiger partial charge is 0.127 e. The summed E-state index contributed by atoms with van der Waals surface area (Å²) in [5.74, 6) is 1.72. The minimum Gasteiger partial charge on any atom is -0.457 e. The first-order chi connectivity index (χ1) is 8.29. The predicted molar refractivity (Wildman–Crippen MR) is 68.6 cm³/mol. The van der Waals surface area contributed by atoms with Gasteiger partial charge < -0.3 is 9.84 Å². The molecule has 0 aliphatic rings. The topological polar surface area (TPSA) is 29.5 Å². The Bertz CT molecular complexity index is 453. The molecule has 0 aliphatic heterocycles. The Morgan fingerprint density at radius 1 is 0.941 bits per heavy atom. The fourth-order valence-electron chi connectivity index (χ4n) is 1.47. The van der Waals surface area contributed by atoms with Gasteiger partial charge in [-0.05, 0) is 29.8 Å². The highest BCUT2D eigenvalue weighted by molar-refractivity contribution is 6.18. The maximum atomic E-state index is 9.54. The van der Waals surface area contributed by atoms with Crippen molar-refractivity contribution in [3.05, 3.63) is 60.2 Å². The van der Waals surface area contributed by atoms with Crippen LogP contribution in [0.15, 0.2) is 54.6 Å². The summed E-state index contributed by atoms with van der Waals surface area (Å²) < 4.78 is 5.63. The zero-order valence-electron chi connectivity index (χ0n) is 9.21. The van der Waals surface area contributed by atoms with Crippen LogP contribution in [0.4, 0.5) is 0 Å². The molecule has 0 spiro atoms. The Balaban J connectivity index is 2.08. The van der Waals surface area contributed by atoms with Gasteiger partial charge in [-0.3, -0.25) is 0 Å². The summed E-state index contributed by atoms with van der Waals surface area (Å²) in [6.45, 7) is 0. The van der Waals surface area contributed by atoms with Gasteiger partial charge in [-0.2, -0.15) is 0 Å². The Labute approximate surface area is 105 Å². The third-order valence-electron chi connectivity index (χ3n) is 2.39. The number of aliphatic hydroxyl groups excluding tert-OH is 1. The molecular formula is C14H13ClO2. The minimum atomic E-state index is -0.623. The fourth-order valence-corrected chi connectivity index (χ4v) is 1.65. The largest absolute Gasteiger partial charge is 0.457 e. The monoisotopic (exact) mass is 248 g/mol. The first-order valence-corrected chi connectivity index (χ1v) is 5.90. The van der Waals surface area contributed by atoms with Crippen LogP contribution in [0.1, 0.15) is 11.7 Å². The number of hydrogen-bond donors (Lipinski definition) is 1.